The van der Waals surface area contributed by atoms with Gasteiger partial charge in [-0.25, -0.2) is 4.79 Å². The van der Waals surface area contributed by atoms with Crippen molar-refractivity contribution in [1.82, 2.24) is 0 Å². The summed E-state index contributed by atoms with van der Waals surface area (Å²) in [5, 5.41) is 14.5. The number of carboxylic acids is 1. The number of amides is 2. The molecular weight excluding hydrogens is 332 g/mol. The van der Waals surface area contributed by atoms with E-state index in [2.05, 4.69) is 10.6 Å². The SMILES string of the molecule is Cc1cc(C(=O)O)ccc1NC(=O)c1ccc(NC(=O)CC(C)C)cc1. The van der Waals surface area contributed by atoms with Crippen LogP contribution in [0.3, 0.4) is 0 Å². The summed E-state index contributed by atoms with van der Waals surface area (Å²) in [6.45, 7) is 5.67. The monoisotopic (exact) mass is 354 g/mol. The molecule has 0 heterocycles. The van der Waals surface area contributed by atoms with Crippen LogP contribution in [0.25, 0.3) is 0 Å². The Hall–Kier alpha value is -3.15. The number of carbonyl (C=O) groups is 3. The van der Waals surface area contributed by atoms with Crippen molar-refractivity contribution in [2.45, 2.75) is 27.2 Å². The zero-order chi connectivity index (χ0) is 19.3. The number of anilines is 2. The molecule has 0 aliphatic heterocycles. The van der Waals surface area contributed by atoms with Gasteiger partial charge in [0.25, 0.3) is 5.91 Å². The molecule has 2 amide bonds. The molecule has 0 aromatic heterocycles. The number of hydrogen-bond acceptors (Lipinski definition) is 3. The third-order valence-electron chi connectivity index (χ3n) is 3.75. The lowest BCUT2D eigenvalue weighted by Gasteiger charge is -2.10. The Morgan fingerprint density at radius 1 is 0.962 bits per heavy atom. The van der Waals surface area contributed by atoms with Crippen LogP contribution in [0.2, 0.25) is 0 Å². The van der Waals surface area contributed by atoms with E-state index in [1.165, 1.54) is 12.1 Å². The molecule has 0 aliphatic rings. The fourth-order valence-corrected chi connectivity index (χ4v) is 2.42. The van der Waals surface area contributed by atoms with Crippen molar-refractivity contribution in [1.29, 1.82) is 0 Å². The van der Waals surface area contributed by atoms with Crippen LogP contribution in [0.4, 0.5) is 11.4 Å². The maximum atomic E-state index is 12.3. The minimum absolute atomic E-state index is 0.0636. The van der Waals surface area contributed by atoms with Gasteiger partial charge in [-0.3, -0.25) is 9.59 Å². The summed E-state index contributed by atoms with van der Waals surface area (Å²) in [7, 11) is 0. The van der Waals surface area contributed by atoms with Gasteiger partial charge in [-0.05, 0) is 60.9 Å². The topological polar surface area (TPSA) is 95.5 Å². The lowest BCUT2D eigenvalue weighted by atomic mass is 10.1. The number of aryl methyl sites for hydroxylation is 1. The number of benzene rings is 2. The maximum absolute atomic E-state index is 12.3. The Labute approximate surface area is 152 Å². The molecule has 2 aromatic carbocycles. The number of rotatable bonds is 6. The van der Waals surface area contributed by atoms with Crippen LogP contribution in [-0.4, -0.2) is 22.9 Å². The molecule has 136 valence electrons. The molecule has 0 spiro atoms. The molecule has 0 saturated heterocycles. The van der Waals surface area contributed by atoms with Crippen molar-refractivity contribution in [2.24, 2.45) is 5.92 Å². The molecule has 26 heavy (non-hydrogen) atoms. The molecule has 3 N–H and O–H groups in total. The summed E-state index contributed by atoms with van der Waals surface area (Å²) in [5.74, 6) is -1.11. The van der Waals surface area contributed by atoms with Gasteiger partial charge in [0.2, 0.25) is 5.91 Å². The minimum atomic E-state index is -1.01. The highest BCUT2D eigenvalue weighted by atomic mass is 16.4. The van der Waals surface area contributed by atoms with E-state index >= 15 is 0 Å². The van der Waals surface area contributed by atoms with Gasteiger partial charge < -0.3 is 15.7 Å². The first-order chi connectivity index (χ1) is 12.3. The summed E-state index contributed by atoms with van der Waals surface area (Å²) >= 11 is 0. The van der Waals surface area contributed by atoms with E-state index in [0.717, 1.165) is 0 Å². The second kappa shape index (κ2) is 8.29. The van der Waals surface area contributed by atoms with Crippen LogP contribution >= 0.6 is 0 Å². The predicted molar refractivity (Wildman–Crippen MR) is 101 cm³/mol. The van der Waals surface area contributed by atoms with Crippen molar-refractivity contribution >= 4 is 29.2 Å². The summed E-state index contributed by atoms with van der Waals surface area (Å²) in [6.07, 6.45) is 0.438. The lowest BCUT2D eigenvalue weighted by molar-refractivity contribution is -0.116. The molecule has 2 aromatic rings. The summed E-state index contributed by atoms with van der Waals surface area (Å²) in [6, 6.07) is 11.1. The molecular formula is C20H22N2O4. The molecule has 6 nitrogen and oxygen atoms in total. The predicted octanol–water partition coefficient (Wildman–Crippen LogP) is 3.93. The zero-order valence-corrected chi connectivity index (χ0v) is 15.0. The second-order valence-corrected chi connectivity index (χ2v) is 6.51. The molecule has 0 saturated carbocycles. The lowest BCUT2D eigenvalue weighted by Crippen LogP contribution is -2.15. The van der Waals surface area contributed by atoms with Crippen molar-refractivity contribution in [2.75, 3.05) is 10.6 Å². The van der Waals surface area contributed by atoms with Crippen LogP contribution in [0.1, 0.15) is 46.5 Å². The maximum Gasteiger partial charge on any atom is 0.335 e. The Morgan fingerprint density at radius 2 is 1.58 bits per heavy atom. The van der Waals surface area contributed by atoms with Gasteiger partial charge in [-0.15, -0.1) is 0 Å². The molecule has 0 bridgehead atoms. The van der Waals surface area contributed by atoms with Gasteiger partial charge in [-0.2, -0.15) is 0 Å². The van der Waals surface area contributed by atoms with E-state index in [4.69, 9.17) is 5.11 Å². The van der Waals surface area contributed by atoms with E-state index in [1.54, 1.807) is 37.3 Å². The average molecular weight is 354 g/mol. The van der Waals surface area contributed by atoms with E-state index in [0.29, 0.717) is 28.9 Å². The standard InChI is InChI=1S/C20H22N2O4/c1-12(2)10-18(23)21-16-7-4-14(5-8-16)19(24)22-17-9-6-15(20(25)26)11-13(17)3/h4-9,11-12H,10H2,1-3H3,(H,21,23)(H,22,24)(H,25,26). The minimum Gasteiger partial charge on any atom is -0.478 e. The van der Waals surface area contributed by atoms with Crippen molar-refractivity contribution in [3.05, 3.63) is 59.2 Å². The molecule has 0 radical (unpaired) electrons. The summed E-state index contributed by atoms with van der Waals surface area (Å²) < 4.78 is 0. The molecule has 6 heteroatoms. The third kappa shape index (κ3) is 5.17. The number of hydrogen-bond donors (Lipinski definition) is 3. The highest BCUT2D eigenvalue weighted by Crippen LogP contribution is 2.18. The van der Waals surface area contributed by atoms with Gasteiger partial charge in [0.15, 0.2) is 0 Å². The highest BCUT2D eigenvalue weighted by molar-refractivity contribution is 6.05. The first kappa shape index (κ1) is 19.2. The van der Waals surface area contributed by atoms with E-state index in [9.17, 15) is 14.4 Å². The van der Waals surface area contributed by atoms with E-state index in [1.807, 2.05) is 13.8 Å². The number of aromatic carboxylic acids is 1. The largest absolute Gasteiger partial charge is 0.478 e. The number of nitrogens with one attached hydrogen (secondary N) is 2. The van der Waals surface area contributed by atoms with Crippen LogP contribution in [0.5, 0.6) is 0 Å². The Balaban J connectivity index is 2.04. The Morgan fingerprint density at radius 3 is 2.12 bits per heavy atom. The van der Waals surface area contributed by atoms with E-state index in [-0.39, 0.29) is 23.3 Å². The third-order valence-corrected chi connectivity index (χ3v) is 3.75. The van der Waals surface area contributed by atoms with Crippen LogP contribution in [0, 0.1) is 12.8 Å². The molecule has 0 unspecified atom stereocenters. The normalized spacial score (nSPS) is 10.5. The van der Waals surface area contributed by atoms with Crippen LogP contribution < -0.4 is 10.6 Å². The average Bonchev–Trinajstić information content (AvgIpc) is 2.56. The number of carbonyl (C=O) groups excluding carboxylic acids is 2. The van der Waals surface area contributed by atoms with Crippen LogP contribution in [-0.2, 0) is 4.79 Å². The quantitative estimate of drug-likeness (QED) is 0.732. The van der Waals surface area contributed by atoms with E-state index < -0.39 is 5.97 Å². The van der Waals surface area contributed by atoms with Gasteiger partial charge in [-0.1, -0.05) is 13.8 Å². The second-order valence-electron chi connectivity index (χ2n) is 6.51. The fraction of sp³-hybridized carbons (Fsp3) is 0.250. The molecule has 0 fully saturated rings. The summed E-state index contributed by atoms with van der Waals surface area (Å²) in [4.78, 5) is 35.1. The smallest absolute Gasteiger partial charge is 0.335 e. The molecule has 0 atom stereocenters. The Kier molecular flexibility index (Phi) is 6.11. The first-order valence-corrected chi connectivity index (χ1v) is 8.31. The summed E-state index contributed by atoms with van der Waals surface area (Å²) in [5.41, 5.74) is 2.45. The molecule has 2 rings (SSSR count). The van der Waals surface area contributed by atoms with Crippen molar-refractivity contribution in [3.63, 3.8) is 0 Å². The number of carboxylic acid groups (broad SMARTS) is 1. The highest BCUT2D eigenvalue weighted by Gasteiger charge is 2.11. The fourth-order valence-electron chi connectivity index (χ4n) is 2.42. The zero-order valence-electron chi connectivity index (χ0n) is 15.0. The van der Waals surface area contributed by atoms with Gasteiger partial charge >= 0.3 is 5.97 Å². The molecule has 0 aliphatic carbocycles. The van der Waals surface area contributed by atoms with Gasteiger partial charge in [0, 0.05) is 23.4 Å². The van der Waals surface area contributed by atoms with Gasteiger partial charge in [0.1, 0.15) is 0 Å². The Bertz CT molecular complexity index is 826. The van der Waals surface area contributed by atoms with Crippen LogP contribution in [0.15, 0.2) is 42.5 Å². The van der Waals surface area contributed by atoms with Crippen molar-refractivity contribution in [3.8, 4) is 0 Å². The van der Waals surface area contributed by atoms with Gasteiger partial charge in [0.05, 0.1) is 5.56 Å². The first-order valence-electron chi connectivity index (χ1n) is 8.31. The van der Waals surface area contributed by atoms with Crippen molar-refractivity contribution < 1.29 is 19.5 Å².